The van der Waals surface area contributed by atoms with Crippen molar-refractivity contribution in [1.29, 1.82) is 0 Å². The Kier molecular flexibility index (Phi) is 2.17. The summed E-state index contributed by atoms with van der Waals surface area (Å²) in [4.78, 5) is 0.663. The number of methoxy groups -OCH3 is 1. The van der Waals surface area contributed by atoms with E-state index in [0.29, 0.717) is 16.0 Å². The Morgan fingerprint density at radius 2 is 2.23 bits per heavy atom. The van der Waals surface area contributed by atoms with E-state index < -0.39 is 0 Å². The minimum atomic E-state index is -0.248. The predicted octanol–water partition coefficient (Wildman–Crippen LogP) is 3.34. The summed E-state index contributed by atoms with van der Waals surface area (Å²) in [6, 6.07) is 3.02. The van der Waals surface area contributed by atoms with Crippen molar-refractivity contribution in [1.82, 2.24) is 0 Å². The molecule has 0 saturated heterocycles. The second-order valence-electron chi connectivity index (χ2n) is 2.57. The summed E-state index contributed by atoms with van der Waals surface area (Å²) in [5.41, 5.74) is 0. The Bertz CT molecular complexity index is 450. The molecule has 0 spiro atoms. The van der Waals surface area contributed by atoms with Crippen molar-refractivity contribution in [3.8, 4) is 5.75 Å². The van der Waals surface area contributed by atoms with E-state index in [-0.39, 0.29) is 5.82 Å². The van der Waals surface area contributed by atoms with Gasteiger partial charge < -0.3 is 4.74 Å². The third kappa shape index (κ3) is 1.30. The molecule has 1 aromatic heterocycles. The van der Waals surface area contributed by atoms with Gasteiger partial charge >= 0.3 is 0 Å². The zero-order chi connectivity index (χ0) is 9.42. The van der Waals surface area contributed by atoms with Crippen LogP contribution in [-0.2, 0) is 0 Å². The van der Waals surface area contributed by atoms with E-state index >= 15 is 0 Å². The topological polar surface area (TPSA) is 9.23 Å². The Balaban J connectivity index is 2.87. The normalized spacial score (nSPS) is 10.7. The number of hydrogen-bond acceptors (Lipinski definition) is 3. The van der Waals surface area contributed by atoms with Crippen LogP contribution in [0.4, 0.5) is 4.39 Å². The molecule has 0 aliphatic rings. The van der Waals surface area contributed by atoms with Crippen LogP contribution in [0.3, 0.4) is 0 Å². The number of hydrogen-bond donors (Lipinski definition) is 1. The van der Waals surface area contributed by atoms with E-state index in [4.69, 9.17) is 4.74 Å². The number of thiophene rings is 1. The molecule has 2 aromatic rings. The van der Waals surface area contributed by atoms with Crippen molar-refractivity contribution >= 4 is 34.1 Å². The molecule has 0 saturated carbocycles. The average Bonchev–Trinajstić information content (AvgIpc) is 2.50. The molecule has 2 rings (SSSR count). The number of ether oxygens (including phenoxy) is 1. The lowest BCUT2D eigenvalue weighted by atomic mass is 10.2. The molecule has 1 nitrogen and oxygen atoms in total. The molecule has 0 bridgehead atoms. The first-order valence-electron chi connectivity index (χ1n) is 3.66. The van der Waals surface area contributed by atoms with Crippen LogP contribution in [0.2, 0.25) is 0 Å². The first kappa shape index (κ1) is 8.84. The van der Waals surface area contributed by atoms with Crippen LogP contribution in [-0.4, -0.2) is 7.11 Å². The standard InChI is InChI=1S/C9H7FOS2/c1-11-6-3-2-5(10)8-7(12)4-13-9(6)8/h2-4,12H,1H3. The number of halogens is 1. The van der Waals surface area contributed by atoms with Crippen molar-refractivity contribution in [2.24, 2.45) is 0 Å². The van der Waals surface area contributed by atoms with Crippen LogP contribution >= 0.6 is 24.0 Å². The molecule has 0 N–H and O–H groups in total. The van der Waals surface area contributed by atoms with Crippen LogP contribution in [0, 0.1) is 5.82 Å². The van der Waals surface area contributed by atoms with E-state index in [1.165, 1.54) is 17.4 Å². The van der Waals surface area contributed by atoms with Crippen molar-refractivity contribution in [3.05, 3.63) is 23.3 Å². The maximum absolute atomic E-state index is 13.3. The van der Waals surface area contributed by atoms with Gasteiger partial charge in [0.05, 0.1) is 11.8 Å². The zero-order valence-electron chi connectivity index (χ0n) is 6.87. The molecule has 13 heavy (non-hydrogen) atoms. The molecule has 1 heterocycles. The van der Waals surface area contributed by atoms with Crippen molar-refractivity contribution in [3.63, 3.8) is 0 Å². The summed E-state index contributed by atoms with van der Waals surface area (Å²) in [7, 11) is 1.57. The largest absolute Gasteiger partial charge is 0.495 e. The molecule has 4 heteroatoms. The monoisotopic (exact) mass is 214 g/mol. The Morgan fingerprint density at radius 1 is 1.46 bits per heavy atom. The Morgan fingerprint density at radius 3 is 2.92 bits per heavy atom. The highest BCUT2D eigenvalue weighted by Gasteiger charge is 2.10. The molecule has 0 radical (unpaired) electrons. The summed E-state index contributed by atoms with van der Waals surface area (Å²) in [5.74, 6) is 0.448. The van der Waals surface area contributed by atoms with Gasteiger partial charge in [-0.15, -0.1) is 24.0 Å². The molecular formula is C9H7FOS2. The third-order valence-corrected chi connectivity index (χ3v) is 3.36. The molecule has 0 aliphatic heterocycles. The summed E-state index contributed by atoms with van der Waals surface area (Å²) < 4.78 is 19.2. The predicted molar refractivity (Wildman–Crippen MR) is 55.6 cm³/mol. The van der Waals surface area contributed by atoms with Crippen LogP contribution in [0.25, 0.3) is 10.1 Å². The molecule has 68 valence electrons. The van der Waals surface area contributed by atoms with Crippen LogP contribution in [0.15, 0.2) is 22.4 Å². The second-order valence-corrected chi connectivity index (χ2v) is 3.94. The zero-order valence-corrected chi connectivity index (χ0v) is 8.58. The van der Waals surface area contributed by atoms with Crippen molar-refractivity contribution in [2.75, 3.05) is 7.11 Å². The van der Waals surface area contributed by atoms with Crippen LogP contribution in [0.1, 0.15) is 0 Å². The van der Waals surface area contributed by atoms with Crippen molar-refractivity contribution < 1.29 is 9.13 Å². The van der Waals surface area contributed by atoms with Gasteiger partial charge in [-0.2, -0.15) is 0 Å². The first-order chi connectivity index (χ1) is 6.24. The minimum absolute atomic E-state index is 0.248. The quantitative estimate of drug-likeness (QED) is 0.716. The fourth-order valence-corrected chi connectivity index (χ4v) is 2.62. The van der Waals surface area contributed by atoms with Gasteiger partial charge in [-0.3, -0.25) is 0 Å². The van der Waals surface area contributed by atoms with E-state index in [9.17, 15) is 4.39 Å². The van der Waals surface area contributed by atoms with Gasteiger partial charge in [0.25, 0.3) is 0 Å². The fourth-order valence-electron chi connectivity index (χ4n) is 1.23. The van der Waals surface area contributed by atoms with Gasteiger partial charge in [-0.1, -0.05) is 0 Å². The highest BCUT2D eigenvalue weighted by atomic mass is 32.1. The van der Waals surface area contributed by atoms with Gasteiger partial charge in [-0.25, -0.2) is 4.39 Å². The summed E-state index contributed by atoms with van der Waals surface area (Å²) in [6.45, 7) is 0. The van der Waals surface area contributed by atoms with Gasteiger partial charge in [0.15, 0.2) is 0 Å². The molecule has 0 amide bonds. The summed E-state index contributed by atoms with van der Waals surface area (Å²) in [5, 5.41) is 2.35. The smallest absolute Gasteiger partial charge is 0.136 e. The van der Waals surface area contributed by atoms with Crippen LogP contribution < -0.4 is 4.74 Å². The molecule has 0 aliphatic carbocycles. The lowest BCUT2D eigenvalue weighted by Gasteiger charge is -2.01. The molecule has 1 aromatic carbocycles. The van der Waals surface area contributed by atoms with Crippen LogP contribution in [0.5, 0.6) is 5.75 Å². The number of fused-ring (bicyclic) bond motifs is 1. The van der Waals surface area contributed by atoms with E-state index in [1.807, 2.05) is 0 Å². The second kappa shape index (κ2) is 3.20. The third-order valence-electron chi connectivity index (χ3n) is 1.84. The SMILES string of the molecule is COc1ccc(F)c2c(S)csc12. The number of thiol groups is 1. The van der Waals surface area contributed by atoms with E-state index in [1.54, 1.807) is 18.6 Å². The number of rotatable bonds is 1. The average molecular weight is 214 g/mol. The van der Waals surface area contributed by atoms with E-state index in [2.05, 4.69) is 12.6 Å². The number of benzene rings is 1. The van der Waals surface area contributed by atoms with Crippen molar-refractivity contribution in [2.45, 2.75) is 4.90 Å². The maximum atomic E-state index is 13.3. The minimum Gasteiger partial charge on any atom is -0.495 e. The highest BCUT2D eigenvalue weighted by molar-refractivity contribution is 7.80. The van der Waals surface area contributed by atoms with E-state index in [0.717, 1.165) is 4.70 Å². The molecule has 0 atom stereocenters. The highest BCUT2D eigenvalue weighted by Crippen LogP contribution is 2.36. The summed E-state index contributed by atoms with van der Waals surface area (Å²) >= 11 is 5.61. The van der Waals surface area contributed by atoms with Gasteiger partial charge in [0, 0.05) is 15.7 Å². The molecule has 0 unspecified atom stereocenters. The maximum Gasteiger partial charge on any atom is 0.136 e. The lowest BCUT2D eigenvalue weighted by molar-refractivity contribution is 0.420. The van der Waals surface area contributed by atoms with Gasteiger partial charge in [0.2, 0.25) is 0 Å². The van der Waals surface area contributed by atoms with Gasteiger partial charge in [0.1, 0.15) is 11.6 Å². The Labute approximate surface area is 84.6 Å². The van der Waals surface area contributed by atoms with Gasteiger partial charge in [-0.05, 0) is 12.1 Å². The first-order valence-corrected chi connectivity index (χ1v) is 4.99. The molecular weight excluding hydrogens is 207 g/mol. The fraction of sp³-hybridized carbons (Fsp3) is 0.111. The molecule has 0 fully saturated rings. The lowest BCUT2D eigenvalue weighted by Crippen LogP contribution is -1.84. The Hall–Kier alpha value is -0.740. The summed E-state index contributed by atoms with van der Waals surface area (Å²) in [6.07, 6.45) is 0.